The third kappa shape index (κ3) is 5.71. The summed E-state index contributed by atoms with van der Waals surface area (Å²) in [5, 5.41) is 3.55. The van der Waals surface area contributed by atoms with Crippen LogP contribution in [0.2, 0.25) is 5.15 Å². The number of nitrogens with zero attached hydrogens (tertiary/aromatic N) is 2. The van der Waals surface area contributed by atoms with Crippen molar-refractivity contribution < 1.29 is 9.53 Å². The van der Waals surface area contributed by atoms with Gasteiger partial charge in [-0.25, -0.2) is 4.98 Å². The van der Waals surface area contributed by atoms with Crippen LogP contribution in [0.5, 0.6) is 5.75 Å². The van der Waals surface area contributed by atoms with Gasteiger partial charge in [0.15, 0.2) is 10.9 Å². The predicted octanol–water partition coefficient (Wildman–Crippen LogP) is 3.77. The Kier molecular flexibility index (Phi) is 7.07. The second-order valence-corrected chi connectivity index (χ2v) is 8.27. The molecule has 1 aliphatic rings. The number of carbonyl (C=O) groups is 1. The lowest BCUT2D eigenvalue weighted by Gasteiger charge is -2.25. The van der Waals surface area contributed by atoms with Crippen LogP contribution in [0.1, 0.15) is 46.1 Å². The van der Waals surface area contributed by atoms with Crippen LogP contribution in [-0.4, -0.2) is 48.1 Å². The number of aromatic nitrogens is 1. The summed E-state index contributed by atoms with van der Waals surface area (Å²) >= 11 is 6.20. The van der Waals surface area contributed by atoms with E-state index in [-0.39, 0.29) is 17.4 Å². The zero-order chi connectivity index (χ0) is 19.3. The van der Waals surface area contributed by atoms with Gasteiger partial charge in [0.25, 0.3) is 0 Å². The number of rotatable bonds is 6. The van der Waals surface area contributed by atoms with Gasteiger partial charge in [0.05, 0.1) is 6.54 Å². The SMILES string of the molecule is CN[C@@H](C)CC=Cc1cnc(Cl)c(O[C@H]2CCN(C(=O)C(C)(C)C)C2)c1. The van der Waals surface area contributed by atoms with E-state index in [1.807, 2.05) is 44.9 Å². The van der Waals surface area contributed by atoms with Crippen LogP contribution in [0.15, 0.2) is 18.3 Å². The first-order valence-corrected chi connectivity index (χ1v) is 9.54. The standard InChI is InChI=1S/C20H30ClN3O2/c1-14(22-5)7-6-8-15-11-17(18(21)23-12-15)26-16-9-10-24(13-16)19(25)20(2,3)4/h6,8,11-12,14,16,22H,7,9-10,13H2,1-5H3/t14-,16-/m0/s1. The molecule has 0 radical (unpaired) electrons. The number of amides is 1. The Hall–Kier alpha value is -1.59. The molecule has 26 heavy (non-hydrogen) atoms. The molecule has 2 heterocycles. The minimum Gasteiger partial charge on any atom is -0.485 e. The summed E-state index contributed by atoms with van der Waals surface area (Å²) in [5.41, 5.74) is 0.580. The average molecular weight is 380 g/mol. The zero-order valence-corrected chi connectivity index (χ0v) is 17.1. The van der Waals surface area contributed by atoms with Gasteiger partial charge >= 0.3 is 0 Å². The molecule has 0 unspecified atom stereocenters. The Morgan fingerprint density at radius 3 is 2.92 bits per heavy atom. The summed E-state index contributed by atoms with van der Waals surface area (Å²) in [6, 6.07) is 2.33. The highest BCUT2D eigenvalue weighted by atomic mass is 35.5. The molecular formula is C20H30ClN3O2. The smallest absolute Gasteiger partial charge is 0.228 e. The molecule has 2 rings (SSSR count). The van der Waals surface area contributed by atoms with Gasteiger partial charge in [0.2, 0.25) is 5.91 Å². The van der Waals surface area contributed by atoms with E-state index in [9.17, 15) is 4.79 Å². The first kappa shape index (κ1) is 20.7. The largest absolute Gasteiger partial charge is 0.485 e. The van der Waals surface area contributed by atoms with Gasteiger partial charge in [0.1, 0.15) is 6.10 Å². The fourth-order valence-corrected chi connectivity index (χ4v) is 2.95. The molecule has 0 aliphatic carbocycles. The lowest BCUT2D eigenvalue weighted by molar-refractivity contribution is -0.138. The maximum absolute atomic E-state index is 12.4. The molecule has 0 saturated carbocycles. The quantitative estimate of drug-likeness (QED) is 0.764. The van der Waals surface area contributed by atoms with E-state index < -0.39 is 0 Å². The zero-order valence-electron chi connectivity index (χ0n) is 16.4. The van der Waals surface area contributed by atoms with Crippen molar-refractivity contribution in [3.05, 3.63) is 29.1 Å². The van der Waals surface area contributed by atoms with Gasteiger partial charge in [0, 0.05) is 30.6 Å². The maximum atomic E-state index is 12.4. The van der Waals surface area contributed by atoms with Gasteiger partial charge in [-0.15, -0.1) is 0 Å². The minimum atomic E-state index is -0.372. The Labute approximate surface area is 161 Å². The van der Waals surface area contributed by atoms with E-state index in [0.717, 1.165) is 18.4 Å². The van der Waals surface area contributed by atoms with E-state index >= 15 is 0 Å². The van der Waals surface area contributed by atoms with Crippen LogP contribution in [0.25, 0.3) is 6.08 Å². The van der Waals surface area contributed by atoms with Gasteiger partial charge in [-0.05, 0) is 32.0 Å². The first-order valence-electron chi connectivity index (χ1n) is 9.16. The molecular weight excluding hydrogens is 350 g/mol. The van der Waals surface area contributed by atoms with Gasteiger partial charge in [-0.3, -0.25) is 4.79 Å². The summed E-state index contributed by atoms with van der Waals surface area (Å²) in [5.74, 6) is 0.730. The molecule has 6 heteroatoms. The highest BCUT2D eigenvalue weighted by molar-refractivity contribution is 6.30. The number of likely N-dealkylation sites (tertiary alicyclic amines) is 1. The van der Waals surface area contributed by atoms with Crippen molar-refractivity contribution in [3.8, 4) is 5.75 Å². The minimum absolute atomic E-state index is 0.0517. The summed E-state index contributed by atoms with van der Waals surface area (Å²) in [6.07, 6.45) is 7.55. The molecule has 1 aromatic heterocycles. The fraction of sp³-hybridized carbons (Fsp3) is 0.600. The molecule has 1 N–H and O–H groups in total. The second-order valence-electron chi connectivity index (χ2n) is 7.92. The first-order chi connectivity index (χ1) is 12.2. The molecule has 144 valence electrons. The van der Waals surface area contributed by atoms with Crippen molar-refractivity contribution in [2.24, 2.45) is 5.41 Å². The number of ether oxygens (including phenoxy) is 1. The van der Waals surface area contributed by atoms with E-state index in [0.29, 0.717) is 30.0 Å². The van der Waals surface area contributed by atoms with E-state index in [4.69, 9.17) is 16.3 Å². The molecule has 0 bridgehead atoms. The molecule has 1 saturated heterocycles. The predicted molar refractivity (Wildman–Crippen MR) is 106 cm³/mol. The second kappa shape index (κ2) is 8.87. The van der Waals surface area contributed by atoms with Crippen molar-refractivity contribution in [1.82, 2.24) is 15.2 Å². The number of carbonyl (C=O) groups excluding carboxylic acids is 1. The highest BCUT2D eigenvalue weighted by Crippen LogP contribution is 2.28. The Morgan fingerprint density at radius 2 is 2.27 bits per heavy atom. The summed E-state index contributed by atoms with van der Waals surface area (Å²) in [4.78, 5) is 18.5. The molecule has 1 fully saturated rings. The fourth-order valence-electron chi connectivity index (χ4n) is 2.81. The number of hydrogen-bond donors (Lipinski definition) is 1. The van der Waals surface area contributed by atoms with Crippen LogP contribution in [0, 0.1) is 5.41 Å². The number of halogens is 1. The highest BCUT2D eigenvalue weighted by Gasteiger charge is 2.33. The molecule has 1 aromatic rings. The average Bonchev–Trinajstić information content (AvgIpc) is 3.04. The molecule has 0 aromatic carbocycles. The van der Waals surface area contributed by atoms with E-state index in [2.05, 4.69) is 23.3 Å². The van der Waals surface area contributed by atoms with Crippen molar-refractivity contribution in [3.63, 3.8) is 0 Å². The van der Waals surface area contributed by atoms with Crippen LogP contribution < -0.4 is 10.1 Å². The third-order valence-electron chi connectivity index (χ3n) is 4.49. The third-order valence-corrected chi connectivity index (χ3v) is 4.77. The normalized spacial score (nSPS) is 19.2. The maximum Gasteiger partial charge on any atom is 0.228 e. The van der Waals surface area contributed by atoms with Crippen molar-refractivity contribution in [1.29, 1.82) is 0 Å². The molecule has 1 aliphatic heterocycles. The van der Waals surface area contributed by atoms with Crippen LogP contribution in [0.4, 0.5) is 0 Å². The van der Waals surface area contributed by atoms with Gasteiger partial charge in [-0.2, -0.15) is 0 Å². The number of hydrogen-bond acceptors (Lipinski definition) is 4. The topological polar surface area (TPSA) is 54.5 Å². The summed E-state index contributed by atoms with van der Waals surface area (Å²) in [7, 11) is 1.95. The molecule has 5 nitrogen and oxygen atoms in total. The summed E-state index contributed by atoms with van der Waals surface area (Å²) < 4.78 is 6.05. The van der Waals surface area contributed by atoms with Crippen LogP contribution in [0.3, 0.4) is 0 Å². The molecule has 2 atom stereocenters. The molecule has 1 amide bonds. The lowest BCUT2D eigenvalue weighted by Crippen LogP contribution is -2.38. The van der Waals surface area contributed by atoms with Crippen molar-refractivity contribution >= 4 is 23.6 Å². The number of nitrogens with one attached hydrogen (secondary N) is 1. The monoisotopic (exact) mass is 379 g/mol. The van der Waals surface area contributed by atoms with E-state index in [1.165, 1.54) is 0 Å². The molecule has 0 spiro atoms. The Morgan fingerprint density at radius 1 is 1.54 bits per heavy atom. The van der Waals surface area contributed by atoms with E-state index in [1.54, 1.807) is 6.20 Å². The van der Waals surface area contributed by atoms with Gasteiger partial charge in [-0.1, -0.05) is 44.5 Å². The Balaban J connectivity index is 1.99. The van der Waals surface area contributed by atoms with Crippen LogP contribution >= 0.6 is 11.6 Å². The summed E-state index contributed by atoms with van der Waals surface area (Å²) in [6.45, 7) is 9.25. The number of pyridine rings is 1. The lowest BCUT2D eigenvalue weighted by atomic mass is 9.95. The van der Waals surface area contributed by atoms with Crippen LogP contribution in [-0.2, 0) is 4.79 Å². The van der Waals surface area contributed by atoms with Crippen molar-refractivity contribution in [2.75, 3.05) is 20.1 Å². The van der Waals surface area contributed by atoms with Crippen molar-refractivity contribution in [2.45, 2.75) is 52.7 Å². The Bertz CT molecular complexity index is 655. The van der Waals surface area contributed by atoms with Gasteiger partial charge < -0.3 is 15.0 Å².